The number of benzene rings is 1. The number of nitrogens with zero attached hydrogens (tertiary/aromatic N) is 2. The number of hydrogen-bond donors (Lipinski definition) is 0. The van der Waals surface area contributed by atoms with Gasteiger partial charge in [-0.15, -0.1) is 11.6 Å². The maximum atomic E-state index is 13.4. The summed E-state index contributed by atoms with van der Waals surface area (Å²) < 4.78 is 16.2. The lowest BCUT2D eigenvalue weighted by atomic mass is 9.94. The number of alkyl halides is 1. The van der Waals surface area contributed by atoms with Gasteiger partial charge in [0.1, 0.15) is 12.3 Å². The molecule has 2 amide bonds. The van der Waals surface area contributed by atoms with Crippen LogP contribution in [-0.4, -0.2) is 60.8 Å². The Morgan fingerprint density at radius 1 is 1.15 bits per heavy atom. The topological polar surface area (TPSA) is 72.2 Å². The molecule has 0 saturated heterocycles. The van der Waals surface area contributed by atoms with E-state index in [9.17, 15) is 9.59 Å². The zero-order valence-corrected chi connectivity index (χ0v) is 20.6. The summed E-state index contributed by atoms with van der Waals surface area (Å²) in [6.07, 6.45) is 4.05. The summed E-state index contributed by atoms with van der Waals surface area (Å²) in [5.41, 5.74) is 0.305. The van der Waals surface area contributed by atoms with E-state index in [4.69, 9.17) is 25.5 Å². The fourth-order valence-corrected chi connectivity index (χ4v) is 3.74. The molecule has 0 aliphatic heterocycles. The molecule has 1 aliphatic rings. The van der Waals surface area contributed by atoms with Gasteiger partial charge in [0.2, 0.25) is 11.8 Å². The first kappa shape index (κ1) is 25.0. The lowest BCUT2D eigenvalue weighted by Crippen LogP contribution is -2.49. The number of methoxy groups -OCH3 is 2. The summed E-state index contributed by atoms with van der Waals surface area (Å²) in [4.78, 5) is 29.9. The smallest absolute Gasteiger partial charge is 0.242 e. The van der Waals surface area contributed by atoms with Crippen LogP contribution in [0.1, 0.15) is 38.0 Å². The predicted molar refractivity (Wildman–Crippen MR) is 127 cm³/mol. The maximum absolute atomic E-state index is 13.4. The Balaban J connectivity index is 1.74. The van der Waals surface area contributed by atoms with Crippen molar-refractivity contribution in [2.45, 2.75) is 45.7 Å². The first-order chi connectivity index (χ1) is 15.8. The molecule has 1 saturated carbocycles. The van der Waals surface area contributed by atoms with E-state index in [0.29, 0.717) is 36.8 Å². The minimum Gasteiger partial charge on any atom is -0.493 e. The highest BCUT2D eigenvalue weighted by Crippen LogP contribution is 2.32. The molecule has 1 aliphatic carbocycles. The zero-order valence-electron chi connectivity index (χ0n) is 19.8. The Bertz CT molecular complexity index is 940. The number of halogens is 1. The van der Waals surface area contributed by atoms with E-state index < -0.39 is 5.41 Å². The van der Waals surface area contributed by atoms with Gasteiger partial charge in [0.15, 0.2) is 11.5 Å². The van der Waals surface area contributed by atoms with Gasteiger partial charge in [-0.2, -0.15) is 0 Å². The number of carbonyl (C=O) groups excluding carboxylic acids is 2. The second-order valence-corrected chi connectivity index (χ2v) is 9.28. The van der Waals surface area contributed by atoms with E-state index in [0.717, 1.165) is 18.4 Å². The normalized spacial score (nSPS) is 13.5. The van der Waals surface area contributed by atoms with Gasteiger partial charge in [-0.05, 0) is 62.9 Å². The Labute approximate surface area is 200 Å². The minimum atomic E-state index is -0.712. The van der Waals surface area contributed by atoms with Crippen molar-refractivity contribution >= 4 is 23.4 Å². The largest absolute Gasteiger partial charge is 0.493 e. The van der Waals surface area contributed by atoms with Gasteiger partial charge in [-0.1, -0.05) is 6.07 Å². The molecule has 1 heterocycles. The molecule has 0 radical (unpaired) electrons. The van der Waals surface area contributed by atoms with Crippen LogP contribution < -0.4 is 9.47 Å². The lowest BCUT2D eigenvalue weighted by molar-refractivity contribution is -0.146. The number of hydrogen-bond acceptors (Lipinski definition) is 5. The van der Waals surface area contributed by atoms with Crippen LogP contribution in [0.5, 0.6) is 11.5 Å². The van der Waals surface area contributed by atoms with Gasteiger partial charge in [0.25, 0.3) is 0 Å². The van der Waals surface area contributed by atoms with Crippen molar-refractivity contribution in [2.24, 2.45) is 5.41 Å². The number of ether oxygens (including phenoxy) is 2. The second-order valence-electron chi connectivity index (χ2n) is 9.02. The number of furan rings is 1. The number of amides is 2. The molecule has 180 valence electrons. The molecule has 1 fully saturated rings. The Kier molecular flexibility index (Phi) is 8.30. The van der Waals surface area contributed by atoms with Crippen LogP contribution >= 0.6 is 11.6 Å². The van der Waals surface area contributed by atoms with Crippen LogP contribution in [0.4, 0.5) is 0 Å². The molecule has 33 heavy (non-hydrogen) atoms. The Morgan fingerprint density at radius 2 is 1.88 bits per heavy atom. The fraction of sp³-hybridized carbons (Fsp3) is 0.520. The van der Waals surface area contributed by atoms with Gasteiger partial charge in [0, 0.05) is 18.5 Å². The number of rotatable bonds is 12. The lowest BCUT2D eigenvalue weighted by Gasteiger charge is -2.32. The van der Waals surface area contributed by atoms with Crippen LogP contribution in [0.3, 0.4) is 0 Å². The molecule has 0 unspecified atom stereocenters. The van der Waals surface area contributed by atoms with Crippen molar-refractivity contribution < 1.29 is 23.5 Å². The third kappa shape index (κ3) is 6.44. The highest BCUT2D eigenvalue weighted by molar-refractivity contribution is 6.19. The average Bonchev–Trinajstić information content (AvgIpc) is 3.54. The summed E-state index contributed by atoms with van der Waals surface area (Å²) in [7, 11) is 3.19. The standard InChI is InChI=1S/C25H33ClN2O5/c1-25(2,17-26)24(30)28(19-8-9-19)16-23(29)27(15-20-6-5-13-33-20)12-11-18-7-10-21(31-3)22(14-18)32-4/h5-7,10,13-14,19H,8-9,11-12,15-17H2,1-4H3. The van der Waals surface area contributed by atoms with Gasteiger partial charge in [-0.25, -0.2) is 0 Å². The molecular weight excluding hydrogens is 444 g/mol. The minimum absolute atomic E-state index is 0.0382. The highest BCUT2D eigenvalue weighted by atomic mass is 35.5. The van der Waals surface area contributed by atoms with E-state index in [1.54, 1.807) is 36.3 Å². The van der Waals surface area contributed by atoms with Crippen molar-refractivity contribution in [3.63, 3.8) is 0 Å². The number of carbonyl (C=O) groups is 2. The van der Waals surface area contributed by atoms with Gasteiger partial charge >= 0.3 is 0 Å². The second kappa shape index (κ2) is 11.0. The van der Waals surface area contributed by atoms with Crippen molar-refractivity contribution in [1.82, 2.24) is 9.80 Å². The van der Waals surface area contributed by atoms with Gasteiger partial charge in [0.05, 0.1) is 32.4 Å². The van der Waals surface area contributed by atoms with E-state index in [1.165, 1.54) is 0 Å². The van der Waals surface area contributed by atoms with Crippen LogP contribution in [0.2, 0.25) is 0 Å². The molecule has 0 bridgehead atoms. The SMILES string of the molecule is COc1ccc(CCN(Cc2ccco2)C(=O)CN(C(=O)C(C)(C)CCl)C2CC2)cc1OC. The third-order valence-electron chi connectivity index (χ3n) is 5.86. The molecule has 2 aromatic rings. The molecule has 0 N–H and O–H groups in total. The van der Waals surface area contributed by atoms with Crippen molar-refractivity contribution in [3.05, 3.63) is 47.9 Å². The van der Waals surface area contributed by atoms with E-state index in [2.05, 4.69) is 0 Å². The van der Waals surface area contributed by atoms with E-state index in [-0.39, 0.29) is 30.3 Å². The summed E-state index contributed by atoms with van der Waals surface area (Å²) in [6, 6.07) is 9.48. The summed E-state index contributed by atoms with van der Waals surface area (Å²) in [6.45, 7) is 4.49. The third-order valence-corrected chi connectivity index (χ3v) is 6.53. The first-order valence-electron chi connectivity index (χ1n) is 11.2. The van der Waals surface area contributed by atoms with Crippen molar-refractivity contribution in [3.8, 4) is 11.5 Å². The Morgan fingerprint density at radius 3 is 2.45 bits per heavy atom. The first-order valence-corrected chi connectivity index (χ1v) is 11.7. The monoisotopic (exact) mass is 476 g/mol. The van der Waals surface area contributed by atoms with Gasteiger partial charge < -0.3 is 23.7 Å². The molecule has 8 heteroatoms. The molecular formula is C25H33ClN2O5. The molecule has 1 aromatic heterocycles. The fourth-order valence-electron chi connectivity index (χ4n) is 3.63. The van der Waals surface area contributed by atoms with Crippen LogP contribution in [0, 0.1) is 5.41 Å². The predicted octanol–water partition coefficient (Wildman–Crippen LogP) is 4.12. The summed E-state index contributed by atoms with van der Waals surface area (Å²) >= 11 is 6.04. The molecule has 3 rings (SSSR count). The van der Waals surface area contributed by atoms with Crippen LogP contribution in [0.25, 0.3) is 0 Å². The Hall–Kier alpha value is -2.67. The van der Waals surface area contributed by atoms with Gasteiger partial charge in [-0.3, -0.25) is 9.59 Å². The van der Waals surface area contributed by atoms with Crippen LogP contribution in [0.15, 0.2) is 41.0 Å². The van der Waals surface area contributed by atoms with E-state index in [1.807, 2.05) is 38.1 Å². The molecule has 7 nitrogen and oxygen atoms in total. The highest BCUT2D eigenvalue weighted by Gasteiger charge is 2.40. The van der Waals surface area contributed by atoms with Crippen molar-refractivity contribution in [2.75, 3.05) is 33.2 Å². The zero-order chi connectivity index (χ0) is 24.0. The maximum Gasteiger partial charge on any atom is 0.242 e. The molecule has 0 atom stereocenters. The van der Waals surface area contributed by atoms with Crippen LogP contribution in [-0.2, 0) is 22.6 Å². The quantitative estimate of drug-likeness (QED) is 0.431. The van der Waals surface area contributed by atoms with Crippen molar-refractivity contribution in [1.29, 1.82) is 0 Å². The molecule has 1 aromatic carbocycles. The summed E-state index contributed by atoms with van der Waals surface area (Å²) in [5.74, 6) is 2.02. The van der Waals surface area contributed by atoms with E-state index >= 15 is 0 Å². The average molecular weight is 477 g/mol. The summed E-state index contributed by atoms with van der Waals surface area (Å²) in [5, 5.41) is 0. The molecule has 0 spiro atoms.